The summed E-state index contributed by atoms with van der Waals surface area (Å²) in [5, 5.41) is 3.82. The molecular formula is C27H31N7O2. The molecule has 186 valence electrons. The summed E-state index contributed by atoms with van der Waals surface area (Å²) in [6.07, 6.45) is 4.65. The number of ether oxygens (including phenoxy) is 1. The van der Waals surface area contributed by atoms with Crippen LogP contribution < -0.4 is 19.9 Å². The smallest absolute Gasteiger partial charge is 0.246 e. The Kier molecular flexibility index (Phi) is 5.92. The molecule has 2 aromatic carbocycles. The van der Waals surface area contributed by atoms with Crippen LogP contribution in [0.5, 0.6) is 5.75 Å². The van der Waals surface area contributed by atoms with E-state index in [1.807, 2.05) is 13.1 Å². The summed E-state index contributed by atoms with van der Waals surface area (Å²) in [6, 6.07) is 12.1. The standard InChI is InChI=1S/C27H31N7O2/c1-18-29-15-20-21(31-18)6-4-7-22(20)33-13-11-32(12-14-33)10-9-19-5-3-8-23-26(19)36-16-24-25(27(35)28-2)30-17-34(23)24/h3-8,15,17,24-25H,9-14,16H2,1-2H3,(H,28,35). The van der Waals surface area contributed by atoms with E-state index in [1.54, 1.807) is 13.4 Å². The largest absolute Gasteiger partial charge is 0.489 e. The number of benzene rings is 2. The number of nitrogens with one attached hydrogen (secondary N) is 1. The predicted molar refractivity (Wildman–Crippen MR) is 141 cm³/mol. The molecule has 1 saturated heterocycles. The Bertz CT molecular complexity index is 1320. The third kappa shape index (κ3) is 4.03. The Labute approximate surface area is 210 Å². The van der Waals surface area contributed by atoms with E-state index in [0.29, 0.717) is 6.61 Å². The number of aromatic nitrogens is 2. The van der Waals surface area contributed by atoms with Crippen molar-refractivity contribution in [2.24, 2.45) is 4.99 Å². The van der Waals surface area contributed by atoms with Crippen molar-refractivity contribution in [3.05, 3.63) is 54.0 Å². The first-order valence-corrected chi connectivity index (χ1v) is 12.6. The summed E-state index contributed by atoms with van der Waals surface area (Å²) in [5.41, 5.74) is 4.42. The molecule has 0 radical (unpaired) electrons. The molecule has 4 heterocycles. The highest BCUT2D eigenvalue weighted by atomic mass is 16.5. The first kappa shape index (κ1) is 22.7. The number of likely N-dealkylation sites (N-methyl/N-ethyl adjacent to an activating group) is 1. The molecule has 0 spiro atoms. The van der Waals surface area contributed by atoms with Gasteiger partial charge in [-0.2, -0.15) is 0 Å². The van der Waals surface area contributed by atoms with Crippen molar-refractivity contribution in [1.29, 1.82) is 0 Å². The minimum atomic E-state index is -0.430. The highest BCUT2D eigenvalue weighted by Crippen LogP contribution is 2.39. The average molecular weight is 486 g/mol. The average Bonchev–Trinajstić information content (AvgIpc) is 3.36. The summed E-state index contributed by atoms with van der Waals surface area (Å²) < 4.78 is 6.22. The van der Waals surface area contributed by atoms with Crippen molar-refractivity contribution in [1.82, 2.24) is 20.2 Å². The van der Waals surface area contributed by atoms with Gasteiger partial charge in [0.25, 0.3) is 0 Å². The van der Waals surface area contributed by atoms with Crippen molar-refractivity contribution in [2.45, 2.75) is 25.4 Å². The number of carbonyl (C=O) groups excluding carboxylic acids is 1. The number of hydrogen-bond donors (Lipinski definition) is 1. The Balaban J connectivity index is 1.10. The fraction of sp³-hybridized carbons (Fsp3) is 0.407. The Morgan fingerprint density at radius 2 is 1.92 bits per heavy atom. The first-order valence-electron chi connectivity index (χ1n) is 12.6. The summed E-state index contributed by atoms with van der Waals surface area (Å²) in [5.74, 6) is 1.64. The maximum atomic E-state index is 12.2. The van der Waals surface area contributed by atoms with Crippen LogP contribution in [-0.2, 0) is 11.2 Å². The SMILES string of the molecule is CNC(=O)C1N=CN2c3cccc(CCN4CCN(c5cccc6nc(C)ncc56)CC4)c3OCC12. The zero-order valence-corrected chi connectivity index (χ0v) is 20.7. The fourth-order valence-electron chi connectivity index (χ4n) is 5.49. The van der Waals surface area contributed by atoms with Crippen LogP contribution in [-0.4, -0.2) is 85.6 Å². The molecule has 3 aliphatic rings. The summed E-state index contributed by atoms with van der Waals surface area (Å²) in [4.78, 5) is 32.7. The summed E-state index contributed by atoms with van der Waals surface area (Å²) in [6.45, 7) is 7.32. The number of amides is 1. The van der Waals surface area contributed by atoms with Gasteiger partial charge in [-0.25, -0.2) is 9.97 Å². The van der Waals surface area contributed by atoms with Gasteiger partial charge in [0.15, 0.2) is 6.04 Å². The van der Waals surface area contributed by atoms with Crippen molar-refractivity contribution < 1.29 is 9.53 Å². The third-order valence-corrected chi connectivity index (χ3v) is 7.47. The molecule has 1 fully saturated rings. The van der Waals surface area contributed by atoms with E-state index in [0.717, 1.165) is 67.3 Å². The number of fused-ring (bicyclic) bond motifs is 4. The molecule has 0 aliphatic carbocycles. The van der Waals surface area contributed by atoms with Crippen LogP contribution in [0.1, 0.15) is 11.4 Å². The molecule has 3 aromatic rings. The topological polar surface area (TPSA) is 86.2 Å². The highest BCUT2D eigenvalue weighted by molar-refractivity contribution is 5.94. The van der Waals surface area contributed by atoms with Gasteiger partial charge in [0.05, 0.1) is 17.5 Å². The fourth-order valence-corrected chi connectivity index (χ4v) is 5.49. The van der Waals surface area contributed by atoms with E-state index in [-0.39, 0.29) is 11.9 Å². The van der Waals surface area contributed by atoms with E-state index < -0.39 is 6.04 Å². The van der Waals surface area contributed by atoms with Crippen LogP contribution in [0.4, 0.5) is 11.4 Å². The number of aliphatic imine (C=N–C) groups is 1. The van der Waals surface area contributed by atoms with Crippen LogP contribution in [0.2, 0.25) is 0 Å². The van der Waals surface area contributed by atoms with Crippen molar-refractivity contribution in [3.8, 4) is 5.75 Å². The van der Waals surface area contributed by atoms with E-state index in [4.69, 9.17) is 4.74 Å². The van der Waals surface area contributed by atoms with Gasteiger partial charge >= 0.3 is 0 Å². The van der Waals surface area contributed by atoms with Crippen LogP contribution >= 0.6 is 0 Å². The van der Waals surface area contributed by atoms with Crippen LogP contribution in [0, 0.1) is 6.92 Å². The summed E-state index contributed by atoms with van der Waals surface area (Å²) >= 11 is 0. The zero-order chi connectivity index (χ0) is 24.6. The number of carbonyl (C=O) groups is 1. The van der Waals surface area contributed by atoms with Gasteiger partial charge in [-0.3, -0.25) is 14.7 Å². The molecule has 36 heavy (non-hydrogen) atoms. The molecular weight excluding hydrogens is 454 g/mol. The third-order valence-electron chi connectivity index (χ3n) is 7.47. The van der Waals surface area contributed by atoms with E-state index in [1.165, 1.54) is 11.3 Å². The van der Waals surface area contributed by atoms with E-state index in [9.17, 15) is 4.79 Å². The monoisotopic (exact) mass is 485 g/mol. The van der Waals surface area contributed by atoms with Crippen molar-refractivity contribution in [2.75, 3.05) is 56.2 Å². The van der Waals surface area contributed by atoms with Gasteiger partial charge in [-0.15, -0.1) is 0 Å². The number of piperazine rings is 1. The molecule has 1 N–H and O–H groups in total. The lowest BCUT2D eigenvalue weighted by atomic mass is 10.0. The molecule has 2 atom stereocenters. The molecule has 9 nitrogen and oxygen atoms in total. The van der Waals surface area contributed by atoms with E-state index >= 15 is 0 Å². The summed E-state index contributed by atoms with van der Waals surface area (Å²) in [7, 11) is 1.65. The van der Waals surface area contributed by atoms with Crippen LogP contribution in [0.15, 0.2) is 47.6 Å². The van der Waals surface area contributed by atoms with Crippen molar-refractivity contribution >= 4 is 34.5 Å². The number of anilines is 2. The quantitative estimate of drug-likeness (QED) is 0.592. The van der Waals surface area contributed by atoms with Gasteiger partial charge in [-0.1, -0.05) is 18.2 Å². The maximum Gasteiger partial charge on any atom is 0.246 e. The number of aryl methyl sites for hydroxylation is 1. The second kappa shape index (κ2) is 9.39. The van der Waals surface area contributed by atoms with Gasteiger partial charge in [0.2, 0.25) is 5.91 Å². The number of rotatable bonds is 5. The molecule has 2 unspecified atom stereocenters. The van der Waals surface area contributed by atoms with Gasteiger partial charge < -0.3 is 19.9 Å². The second-order valence-corrected chi connectivity index (χ2v) is 9.58. The number of para-hydroxylation sites is 1. The van der Waals surface area contributed by atoms with Gasteiger partial charge in [-0.05, 0) is 37.1 Å². The number of nitrogens with zero attached hydrogens (tertiary/aromatic N) is 6. The molecule has 0 bridgehead atoms. The second-order valence-electron chi connectivity index (χ2n) is 9.58. The lowest BCUT2D eigenvalue weighted by Gasteiger charge is -2.37. The first-order chi connectivity index (χ1) is 17.6. The molecule has 9 heteroatoms. The lowest BCUT2D eigenvalue weighted by molar-refractivity contribution is -0.122. The Morgan fingerprint density at radius 1 is 1.11 bits per heavy atom. The van der Waals surface area contributed by atoms with Gasteiger partial charge in [0, 0.05) is 57.0 Å². The minimum Gasteiger partial charge on any atom is -0.489 e. The predicted octanol–water partition coefficient (Wildman–Crippen LogP) is 2.03. The minimum absolute atomic E-state index is 0.0766. The molecule has 1 aromatic heterocycles. The molecule has 3 aliphatic heterocycles. The van der Waals surface area contributed by atoms with Crippen molar-refractivity contribution in [3.63, 3.8) is 0 Å². The normalized spacial score (nSPS) is 21.3. The molecule has 1 amide bonds. The lowest BCUT2D eigenvalue weighted by Crippen LogP contribution is -2.49. The Morgan fingerprint density at radius 3 is 2.75 bits per heavy atom. The van der Waals surface area contributed by atoms with Gasteiger partial charge in [0.1, 0.15) is 24.2 Å². The zero-order valence-electron chi connectivity index (χ0n) is 20.7. The number of hydrogen-bond acceptors (Lipinski definition) is 8. The van der Waals surface area contributed by atoms with Crippen LogP contribution in [0.3, 0.4) is 0 Å². The molecule has 0 saturated carbocycles. The van der Waals surface area contributed by atoms with E-state index in [2.05, 4.69) is 71.4 Å². The molecule has 6 rings (SSSR count). The highest BCUT2D eigenvalue weighted by Gasteiger charge is 2.40. The maximum absolute atomic E-state index is 12.2. The van der Waals surface area contributed by atoms with Crippen LogP contribution in [0.25, 0.3) is 10.9 Å². The Hall–Kier alpha value is -3.72.